The van der Waals surface area contributed by atoms with Gasteiger partial charge in [0.2, 0.25) is 5.91 Å². The molecule has 1 N–H and O–H groups in total. The highest BCUT2D eigenvalue weighted by atomic mass is 32.1. The van der Waals surface area contributed by atoms with E-state index in [0.29, 0.717) is 12.3 Å². The molecule has 1 aliphatic heterocycles. The summed E-state index contributed by atoms with van der Waals surface area (Å²) in [7, 11) is 0. The standard InChI is InChI=1S/C19H19NO3S/c1-12(11-24)18(21)20-10-16(9-17(20)19(22)23)15-7-6-13-4-2-3-5-14(13)8-15/h2-9,12,17,24H,10-11H2,1H3,(H,22,23)/t12-,17?/m1/s1. The molecule has 0 saturated heterocycles. The van der Waals surface area contributed by atoms with Gasteiger partial charge in [-0.05, 0) is 34.1 Å². The first-order valence-corrected chi connectivity index (χ1v) is 8.48. The Labute approximate surface area is 146 Å². The summed E-state index contributed by atoms with van der Waals surface area (Å²) in [4.78, 5) is 25.4. The van der Waals surface area contributed by atoms with E-state index >= 15 is 0 Å². The van der Waals surface area contributed by atoms with Gasteiger partial charge in [-0.2, -0.15) is 12.6 Å². The van der Waals surface area contributed by atoms with E-state index in [1.807, 2.05) is 42.5 Å². The molecule has 2 atom stereocenters. The maximum Gasteiger partial charge on any atom is 0.330 e. The van der Waals surface area contributed by atoms with Crippen molar-refractivity contribution in [1.29, 1.82) is 0 Å². The molecule has 24 heavy (non-hydrogen) atoms. The first kappa shape index (κ1) is 16.6. The van der Waals surface area contributed by atoms with E-state index in [1.165, 1.54) is 4.90 Å². The van der Waals surface area contributed by atoms with Gasteiger partial charge in [0.25, 0.3) is 0 Å². The maximum atomic E-state index is 12.5. The number of carboxylic acids is 1. The molecule has 4 nitrogen and oxygen atoms in total. The van der Waals surface area contributed by atoms with Crippen LogP contribution in [0.3, 0.4) is 0 Å². The van der Waals surface area contributed by atoms with Crippen LogP contribution < -0.4 is 0 Å². The lowest BCUT2D eigenvalue weighted by Gasteiger charge is -2.24. The van der Waals surface area contributed by atoms with Crippen LogP contribution in [-0.4, -0.2) is 40.2 Å². The van der Waals surface area contributed by atoms with Crippen molar-refractivity contribution in [3.05, 3.63) is 54.1 Å². The molecule has 0 aromatic heterocycles. The van der Waals surface area contributed by atoms with E-state index in [9.17, 15) is 14.7 Å². The first-order chi connectivity index (χ1) is 11.5. The first-order valence-electron chi connectivity index (χ1n) is 7.85. The number of amides is 1. The molecule has 1 amide bonds. The van der Waals surface area contributed by atoms with Crippen LogP contribution in [0.1, 0.15) is 12.5 Å². The van der Waals surface area contributed by atoms with Crippen LogP contribution >= 0.6 is 12.6 Å². The van der Waals surface area contributed by atoms with Gasteiger partial charge in [0.05, 0.1) is 0 Å². The fourth-order valence-electron chi connectivity index (χ4n) is 2.97. The summed E-state index contributed by atoms with van der Waals surface area (Å²) in [6.07, 6.45) is 1.68. The quantitative estimate of drug-likeness (QED) is 0.840. The van der Waals surface area contributed by atoms with Crippen LogP contribution in [0.15, 0.2) is 48.5 Å². The van der Waals surface area contributed by atoms with E-state index in [2.05, 4.69) is 12.6 Å². The van der Waals surface area contributed by atoms with Crippen molar-refractivity contribution >= 4 is 40.9 Å². The predicted molar refractivity (Wildman–Crippen MR) is 98.1 cm³/mol. The van der Waals surface area contributed by atoms with Crippen LogP contribution in [0, 0.1) is 5.92 Å². The van der Waals surface area contributed by atoms with E-state index < -0.39 is 12.0 Å². The van der Waals surface area contributed by atoms with Gasteiger partial charge in [0, 0.05) is 18.2 Å². The van der Waals surface area contributed by atoms with Crippen molar-refractivity contribution in [2.45, 2.75) is 13.0 Å². The molecule has 124 valence electrons. The van der Waals surface area contributed by atoms with E-state index in [4.69, 9.17) is 0 Å². The molecule has 0 radical (unpaired) electrons. The van der Waals surface area contributed by atoms with Crippen molar-refractivity contribution in [3.8, 4) is 0 Å². The molecule has 0 aliphatic carbocycles. The second-order valence-corrected chi connectivity index (χ2v) is 6.45. The topological polar surface area (TPSA) is 57.6 Å². The molecule has 1 heterocycles. The minimum Gasteiger partial charge on any atom is -0.479 e. The second kappa shape index (κ2) is 6.69. The number of thiol groups is 1. The van der Waals surface area contributed by atoms with Gasteiger partial charge in [-0.15, -0.1) is 0 Å². The van der Waals surface area contributed by atoms with Crippen molar-refractivity contribution < 1.29 is 14.7 Å². The lowest BCUT2D eigenvalue weighted by molar-refractivity contribution is -0.148. The van der Waals surface area contributed by atoms with Crippen LogP contribution in [-0.2, 0) is 9.59 Å². The van der Waals surface area contributed by atoms with Gasteiger partial charge in [-0.3, -0.25) is 4.79 Å². The molecule has 1 aliphatic rings. The maximum absolute atomic E-state index is 12.5. The average molecular weight is 341 g/mol. The Morgan fingerprint density at radius 1 is 1.25 bits per heavy atom. The summed E-state index contributed by atoms with van der Waals surface area (Å²) >= 11 is 4.15. The highest BCUT2D eigenvalue weighted by Crippen LogP contribution is 2.29. The zero-order chi connectivity index (χ0) is 17.3. The molecular weight excluding hydrogens is 322 g/mol. The molecule has 0 bridgehead atoms. The molecule has 1 unspecified atom stereocenters. The van der Waals surface area contributed by atoms with Gasteiger partial charge in [0.15, 0.2) is 0 Å². The third-order valence-electron chi connectivity index (χ3n) is 4.39. The Kier molecular flexibility index (Phi) is 4.62. The highest BCUT2D eigenvalue weighted by molar-refractivity contribution is 7.80. The summed E-state index contributed by atoms with van der Waals surface area (Å²) in [5.74, 6) is -1.10. The summed E-state index contributed by atoms with van der Waals surface area (Å²) in [5, 5.41) is 11.7. The minimum atomic E-state index is -1.01. The molecule has 0 fully saturated rings. The van der Waals surface area contributed by atoms with Crippen LogP contribution in [0.5, 0.6) is 0 Å². The Hall–Kier alpha value is -2.27. The number of carboxylic acid groups (broad SMARTS) is 1. The van der Waals surface area contributed by atoms with Crippen LogP contribution in [0.25, 0.3) is 16.3 Å². The number of aliphatic carboxylic acids is 1. The zero-order valence-electron chi connectivity index (χ0n) is 13.3. The Balaban J connectivity index is 1.94. The summed E-state index contributed by atoms with van der Waals surface area (Å²) in [6, 6.07) is 13.1. The molecule has 0 saturated carbocycles. The molecular formula is C19H19NO3S. The van der Waals surface area contributed by atoms with Gasteiger partial charge < -0.3 is 10.0 Å². The molecule has 2 aromatic carbocycles. The number of rotatable bonds is 4. The van der Waals surface area contributed by atoms with Crippen LogP contribution in [0.4, 0.5) is 0 Å². The second-order valence-electron chi connectivity index (χ2n) is 6.09. The fourth-order valence-corrected chi connectivity index (χ4v) is 3.13. The summed E-state index contributed by atoms with van der Waals surface area (Å²) in [5.41, 5.74) is 1.82. The van der Waals surface area contributed by atoms with Gasteiger partial charge in [-0.1, -0.05) is 43.3 Å². The molecule has 5 heteroatoms. The number of nitrogens with zero attached hydrogens (tertiary/aromatic N) is 1. The van der Waals surface area contributed by atoms with E-state index in [1.54, 1.807) is 13.0 Å². The Bertz CT molecular complexity index is 830. The average Bonchev–Trinajstić information content (AvgIpc) is 3.05. The minimum absolute atomic E-state index is 0.176. The number of carbonyl (C=O) groups is 2. The molecule has 2 aromatic rings. The number of carbonyl (C=O) groups excluding carboxylic acids is 1. The largest absolute Gasteiger partial charge is 0.479 e. The third kappa shape index (κ3) is 3.04. The van der Waals surface area contributed by atoms with Gasteiger partial charge in [0.1, 0.15) is 6.04 Å². The third-order valence-corrected chi connectivity index (χ3v) is 4.94. The van der Waals surface area contributed by atoms with Gasteiger partial charge >= 0.3 is 5.97 Å². The number of hydrogen-bond acceptors (Lipinski definition) is 3. The number of hydrogen-bond donors (Lipinski definition) is 2. The predicted octanol–water partition coefficient (Wildman–Crippen LogP) is 3.08. The lowest BCUT2D eigenvalue weighted by atomic mass is 10.0. The summed E-state index contributed by atoms with van der Waals surface area (Å²) in [6.45, 7) is 2.08. The molecule has 0 spiro atoms. The Morgan fingerprint density at radius 3 is 2.62 bits per heavy atom. The van der Waals surface area contributed by atoms with Crippen molar-refractivity contribution in [2.75, 3.05) is 12.3 Å². The monoisotopic (exact) mass is 341 g/mol. The SMILES string of the molecule is C[C@H](CS)C(=O)N1CC(c2ccc3ccccc3c2)=CC1C(=O)O. The number of fused-ring (bicyclic) bond motifs is 1. The zero-order valence-corrected chi connectivity index (χ0v) is 14.2. The van der Waals surface area contributed by atoms with Crippen molar-refractivity contribution in [3.63, 3.8) is 0 Å². The lowest BCUT2D eigenvalue weighted by Crippen LogP contribution is -2.43. The fraction of sp³-hybridized carbons (Fsp3) is 0.263. The smallest absolute Gasteiger partial charge is 0.330 e. The Morgan fingerprint density at radius 2 is 1.96 bits per heavy atom. The van der Waals surface area contributed by atoms with Crippen molar-refractivity contribution in [2.24, 2.45) is 5.92 Å². The molecule has 3 rings (SSSR count). The normalized spacial score (nSPS) is 18.5. The highest BCUT2D eigenvalue weighted by Gasteiger charge is 2.35. The summed E-state index contributed by atoms with van der Waals surface area (Å²) < 4.78 is 0. The number of benzene rings is 2. The van der Waals surface area contributed by atoms with E-state index in [-0.39, 0.29) is 11.8 Å². The van der Waals surface area contributed by atoms with Gasteiger partial charge in [-0.25, -0.2) is 4.79 Å². The van der Waals surface area contributed by atoms with Crippen LogP contribution in [0.2, 0.25) is 0 Å². The van der Waals surface area contributed by atoms with Crippen molar-refractivity contribution in [1.82, 2.24) is 4.90 Å². The van der Waals surface area contributed by atoms with E-state index in [0.717, 1.165) is 21.9 Å².